The summed E-state index contributed by atoms with van der Waals surface area (Å²) in [6.07, 6.45) is -0.801. The zero-order chi connectivity index (χ0) is 24.6. The minimum absolute atomic E-state index is 0.421. The molecule has 7 heteroatoms. The number of aromatic nitrogens is 1. The van der Waals surface area contributed by atoms with E-state index in [-0.39, 0.29) is 0 Å². The Bertz CT molecular complexity index is 1140. The summed E-state index contributed by atoms with van der Waals surface area (Å²) in [4.78, 5) is 33.0. The SMILES string of the molecule is CN(C)CCc1cc(N(C(=O)OC(C)(C)C)C(=O)OC(C)(C)C)cc2c1[nH]c1ccccc12. The molecule has 0 aliphatic rings. The number of rotatable bonds is 4. The van der Waals surface area contributed by atoms with Gasteiger partial charge in [-0.2, -0.15) is 4.90 Å². The molecule has 0 radical (unpaired) electrons. The van der Waals surface area contributed by atoms with Crippen molar-refractivity contribution in [2.24, 2.45) is 0 Å². The van der Waals surface area contributed by atoms with Gasteiger partial charge in [0.1, 0.15) is 11.2 Å². The van der Waals surface area contributed by atoms with Crippen LogP contribution in [0.4, 0.5) is 15.3 Å². The van der Waals surface area contributed by atoms with Crippen molar-refractivity contribution < 1.29 is 19.1 Å². The normalized spacial score (nSPS) is 12.4. The highest BCUT2D eigenvalue weighted by atomic mass is 16.6. The Hall–Kier alpha value is -3.06. The van der Waals surface area contributed by atoms with E-state index < -0.39 is 23.4 Å². The second-order valence-electron chi connectivity index (χ2n) is 10.5. The second kappa shape index (κ2) is 9.06. The summed E-state index contributed by atoms with van der Waals surface area (Å²) in [5.41, 5.74) is 1.88. The van der Waals surface area contributed by atoms with Crippen LogP contribution in [-0.2, 0) is 15.9 Å². The van der Waals surface area contributed by atoms with Gasteiger partial charge >= 0.3 is 12.2 Å². The zero-order valence-corrected chi connectivity index (χ0v) is 20.9. The Labute approximate surface area is 195 Å². The highest BCUT2D eigenvalue weighted by Crippen LogP contribution is 2.33. The minimum atomic E-state index is -0.769. The molecule has 33 heavy (non-hydrogen) atoms. The van der Waals surface area contributed by atoms with Crippen LogP contribution < -0.4 is 4.90 Å². The van der Waals surface area contributed by atoms with Crippen molar-refractivity contribution in [3.63, 3.8) is 0 Å². The number of ether oxygens (including phenoxy) is 2. The zero-order valence-electron chi connectivity index (χ0n) is 20.9. The number of hydrogen-bond donors (Lipinski definition) is 1. The molecular weight excluding hydrogens is 418 g/mol. The predicted octanol–water partition coefficient (Wildman–Crippen LogP) is 6.10. The number of nitrogens with zero attached hydrogens (tertiary/aromatic N) is 2. The highest BCUT2D eigenvalue weighted by Gasteiger charge is 2.33. The average molecular weight is 454 g/mol. The molecule has 0 saturated carbocycles. The number of amides is 2. The van der Waals surface area contributed by atoms with Crippen LogP contribution in [0.1, 0.15) is 47.1 Å². The largest absolute Gasteiger partial charge is 0.443 e. The first-order valence-corrected chi connectivity index (χ1v) is 11.2. The van der Waals surface area contributed by atoms with E-state index in [9.17, 15) is 9.59 Å². The lowest BCUT2D eigenvalue weighted by Gasteiger charge is -2.29. The summed E-state index contributed by atoms with van der Waals surface area (Å²) < 4.78 is 11.2. The molecule has 2 aromatic carbocycles. The third-order valence-corrected chi connectivity index (χ3v) is 4.92. The van der Waals surface area contributed by atoms with E-state index in [1.807, 2.05) is 50.5 Å². The summed E-state index contributed by atoms with van der Waals surface area (Å²) in [5, 5.41) is 1.96. The number of benzene rings is 2. The van der Waals surface area contributed by atoms with Crippen molar-refractivity contribution in [2.45, 2.75) is 59.2 Å². The Kier molecular flexibility index (Phi) is 6.75. The Morgan fingerprint density at radius 3 is 2.00 bits per heavy atom. The smallest absolute Gasteiger partial charge is 0.424 e. The predicted molar refractivity (Wildman–Crippen MR) is 133 cm³/mol. The van der Waals surface area contributed by atoms with Gasteiger partial charge < -0.3 is 19.4 Å². The summed E-state index contributed by atoms with van der Waals surface area (Å²) in [6.45, 7) is 11.4. The number of carbonyl (C=O) groups is 2. The number of imide groups is 1. The lowest BCUT2D eigenvalue weighted by molar-refractivity contribution is 0.0431. The molecule has 0 spiro atoms. The molecule has 1 N–H and O–H groups in total. The summed E-state index contributed by atoms with van der Waals surface area (Å²) in [5.74, 6) is 0. The maximum atomic E-state index is 13.2. The van der Waals surface area contributed by atoms with Crippen molar-refractivity contribution in [1.82, 2.24) is 9.88 Å². The average Bonchev–Trinajstić information content (AvgIpc) is 3.02. The fourth-order valence-electron chi connectivity index (χ4n) is 3.58. The highest BCUT2D eigenvalue weighted by molar-refractivity contribution is 6.14. The second-order valence-corrected chi connectivity index (χ2v) is 10.5. The molecule has 178 valence electrons. The molecular formula is C26H35N3O4. The molecule has 0 saturated heterocycles. The van der Waals surface area contributed by atoms with Crippen LogP contribution in [0.25, 0.3) is 21.8 Å². The fraction of sp³-hybridized carbons (Fsp3) is 0.462. The van der Waals surface area contributed by atoms with Gasteiger partial charge in [-0.25, -0.2) is 9.59 Å². The van der Waals surface area contributed by atoms with Crippen LogP contribution in [0, 0.1) is 0 Å². The number of nitrogens with one attached hydrogen (secondary N) is 1. The van der Waals surface area contributed by atoms with Crippen molar-refractivity contribution >= 4 is 39.7 Å². The number of fused-ring (bicyclic) bond motifs is 3. The van der Waals surface area contributed by atoms with Crippen molar-refractivity contribution in [3.05, 3.63) is 42.0 Å². The van der Waals surface area contributed by atoms with Gasteiger partial charge in [0.25, 0.3) is 0 Å². The van der Waals surface area contributed by atoms with E-state index in [1.54, 1.807) is 41.5 Å². The molecule has 0 atom stereocenters. The van der Waals surface area contributed by atoms with E-state index in [1.165, 1.54) is 0 Å². The minimum Gasteiger partial charge on any atom is -0.443 e. The van der Waals surface area contributed by atoms with E-state index >= 15 is 0 Å². The van der Waals surface area contributed by atoms with Gasteiger partial charge in [-0.05, 0) is 85.8 Å². The van der Waals surface area contributed by atoms with E-state index in [0.29, 0.717) is 5.69 Å². The fourth-order valence-corrected chi connectivity index (χ4v) is 3.58. The van der Waals surface area contributed by atoms with Crippen LogP contribution >= 0.6 is 0 Å². The van der Waals surface area contributed by atoms with Gasteiger partial charge in [-0.1, -0.05) is 18.2 Å². The molecule has 0 bridgehead atoms. The van der Waals surface area contributed by atoms with Gasteiger partial charge in [0.15, 0.2) is 0 Å². The van der Waals surface area contributed by atoms with Gasteiger partial charge in [0, 0.05) is 28.4 Å². The Balaban J connectivity index is 2.20. The van der Waals surface area contributed by atoms with Crippen LogP contribution in [0.5, 0.6) is 0 Å². The maximum absolute atomic E-state index is 13.2. The Morgan fingerprint density at radius 1 is 0.879 bits per heavy atom. The van der Waals surface area contributed by atoms with Crippen LogP contribution in [0.15, 0.2) is 36.4 Å². The standard InChI is InChI=1S/C26H35N3O4/c1-25(2,3)32-23(30)29(24(31)33-26(4,5)6)18-15-17(13-14-28(7)8)22-20(16-18)19-11-9-10-12-21(19)27-22/h9-12,15-16,27H,13-14H2,1-8H3. The topological polar surface area (TPSA) is 74.9 Å². The van der Waals surface area contributed by atoms with Crippen LogP contribution in [-0.4, -0.2) is 53.9 Å². The van der Waals surface area contributed by atoms with E-state index in [4.69, 9.17) is 9.47 Å². The van der Waals surface area contributed by atoms with Gasteiger partial charge in [0.05, 0.1) is 5.69 Å². The first-order valence-electron chi connectivity index (χ1n) is 11.2. The van der Waals surface area contributed by atoms with E-state index in [2.05, 4.69) is 9.88 Å². The molecule has 0 unspecified atom stereocenters. The van der Waals surface area contributed by atoms with Crippen LogP contribution in [0.2, 0.25) is 0 Å². The molecule has 2 amide bonds. The van der Waals surface area contributed by atoms with Crippen molar-refractivity contribution in [1.29, 1.82) is 0 Å². The third kappa shape index (κ3) is 6.05. The summed E-state index contributed by atoms with van der Waals surface area (Å²) in [6, 6.07) is 11.7. The lowest BCUT2D eigenvalue weighted by Crippen LogP contribution is -2.43. The Morgan fingerprint density at radius 2 is 1.45 bits per heavy atom. The number of hydrogen-bond acceptors (Lipinski definition) is 5. The lowest BCUT2D eigenvalue weighted by atomic mass is 10.0. The van der Waals surface area contributed by atoms with Gasteiger partial charge in [-0.3, -0.25) is 0 Å². The molecule has 0 aliphatic carbocycles. The number of carbonyl (C=O) groups excluding carboxylic acids is 2. The van der Waals surface area contributed by atoms with Gasteiger partial charge in [-0.15, -0.1) is 0 Å². The molecule has 1 aromatic heterocycles. The number of H-pyrrole nitrogens is 1. The quantitative estimate of drug-likeness (QED) is 0.516. The number of para-hydroxylation sites is 1. The summed E-state index contributed by atoms with van der Waals surface area (Å²) in [7, 11) is 4.03. The summed E-state index contributed by atoms with van der Waals surface area (Å²) >= 11 is 0. The number of anilines is 1. The first-order chi connectivity index (χ1) is 15.2. The van der Waals surface area contributed by atoms with Crippen molar-refractivity contribution in [3.8, 4) is 0 Å². The van der Waals surface area contributed by atoms with Crippen molar-refractivity contribution in [2.75, 3.05) is 25.5 Å². The monoisotopic (exact) mass is 453 g/mol. The number of likely N-dealkylation sites (N-methyl/N-ethyl adjacent to an activating group) is 1. The molecule has 3 rings (SSSR count). The maximum Gasteiger partial charge on any atom is 0.424 e. The van der Waals surface area contributed by atoms with Gasteiger partial charge in [0.2, 0.25) is 0 Å². The van der Waals surface area contributed by atoms with E-state index in [0.717, 1.165) is 45.2 Å². The number of aromatic amines is 1. The molecule has 1 heterocycles. The first kappa shape index (κ1) is 24.6. The molecule has 0 aliphatic heterocycles. The molecule has 0 fully saturated rings. The third-order valence-electron chi connectivity index (χ3n) is 4.92. The molecule has 7 nitrogen and oxygen atoms in total. The van der Waals surface area contributed by atoms with Crippen LogP contribution in [0.3, 0.4) is 0 Å². The molecule has 3 aromatic rings.